The molecule has 2 heteroatoms. The summed E-state index contributed by atoms with van der Waals surface area (Å²) in [5.41, 5.74) is -0.270. The van der Waals surface area contributed by atoms with Crippen LogP contribution in [-0.4, -0.2) is 11.6 Å². The maximum absolute atomic E-state index is 8.93. The van der Waals surface area contributed by atoms with E-state index in [4.69, 9.17) is 5.26 Å². The van der Waals surface area contributed by atoms with Crippen LogP contribution in [0.1, 0.15) is 33.6 Å². The van der Waals surface area contributed by atoms with Crippen LogP contribution in [0.5, 0.6) is 0 Å². The second-order valence-electron chi connectivity index (χ2n) is 3.89. The summed E-state index contributed by atoms with van der Waals surface area (Å²) in [5.74, 6) is 0.592. The van der Waals surface area contributed by atoms with Crippen LogP contribution >= 0.6 is 0 Å². The maximum Gasteiger partial charge on any atom is 0.106 e. The number of rotatable bonds is 3. The van der Waals surface area contributed by atoms with Crippen molar-refractivity contribution in [1.82, 2.24) is 5.32 Å². The zero-order valence-corrected chi connectivity index (χ0v) is 7.52. The molecule has 1 saturated carbocycles. The van der Waals surface area contributed by atoms with Gasteiger partial charge in [0.1, 0.15) is 5.54 Å². The van der Waals surface area contributed by atoms with Gasteiger partial charge in [0.2, 0.25) is 0 Å². The third kappa shape index (κ3) is 1.94. The van der Waals surface area contributed by atoms with Crippen molar-refractivity contribution in [2.75, 3.05) is 0 Å². The van der Waals surface area contributed by atoms with Crippen LogP contribution in [-0.2, 0) is 0 Å². The minimum Gasteiger partial charge on any atom is -0.297 e. The third-order valence-corrected chi connectivity index (χ3v) is 2.21. The van der Waals surface area contributed by atoms with Gasteiger partial charge in [-0.2, -0.15) is 5.26 Å². The third-order valence-electron chi connectivity index (χ3n) is 2.21. The molecule has 0 amide bonds. The Morgan fingerprint density at radius 3 is 2.36 bits per heavy atom. The lowest BCUT2D eigenvalue weighted by Gasteiger charge is -2.25. The van der Waals surface area contributed by atoms with E-state index in [9.17, 15) is 0 Å². The molecule has 0 heterocycles. The molecule has 0 aromatic rings. The Kier molecular flexibility index (Phi) is 2.20. The quantitative estimate of drug-likeness (QED) is 0.667. The number of hydrogen-bond donors (Lipinski definition) is 1. The molecule has 2 nitrogen and oxygen atoms in total. The minimum absolute atomic E-state index is 0.270. The highest BCUT2D eigenvalue weighted by atomic mass is 15.0. The molecule has 0 aliphatic heterocycles. The first kappa shape index (κ1) is 8.55. The molecule has 11 heavy (non-hydrogen) atoms. The molecule has 0 aromatic heterocycles. The summed E-state index contributed by atoms with van der Waals surface area (Å²) in [7, 11) is 0. The van der Waals surface area contributed by atoms with Gasteiger partial charge in [0, 0.05) is 6.04 Å². The van der Waals surface area contributed by atoms with E-state index >= 15 is 0 Å². The van der Waals surface area contributed by atoms with Gasteiger partial charge < -0.3 is 0 Å². The normalized spacial score (nSPS) is 22.8. The largest absolute Gasteiger partial charge is 0.297 e. The lowest BCUT2D eigenvalue weighted by Crippen LogP contribution is -2.46. The molecule has 1 unspecified atom stereocenters. The van der Waals surface area contributed by atoms with Gasteiger partial charge in [0.05, 0.1) is 6.07 Å². The van der Waals surface area contributed by atoms with E-state index in [1.165, 1.54) is 12.8 Å². The summed E-state index contributed by atoms with van der Waals surface area (Å²) in [5, 5.41) is 12.2. The number of nitrogens with zero attached hydrogens (tertiary/aromatic N) is 1. The second-order valence-corrected chi connectivity index (χ2v) is 3.89. The average molecular weight is 152 g/mol. The summed E-state index contributed by atoms with van der Waals surface area (Å²) in [4.78, 5) is 0. The highest BCUT2D eigenvalue weighted by Gasteiger charge is 2.41. The molecule has 62 valence electrons. The van der Waals surface area contributed by atoms with Crippen LogP contribution in [0, 0.1) is 17.2 Å². The molecule has 1 N–H and O–H groups in total. The Morgan fingerprint density at radius 2 is 2.09 bits per heavy atom. The van der Waals surface area contributed by atoms with Crippen LogP contribution in [0.2, 0.25) is 0 Å². The fourth-order valence-corrected chi connectivity index (χ4v) is 1.50. The van der Waals surface area contributed by atoms with Crippen molar-refractivity contribution in [3.05, 3.63) is 0 Å². The number of nitrogens with one attached hydrogen (secondary N) is 1. The Labute approximate surface area is 68.6 Å². The summed E-state index contributed by atoms with van der Waals surface area (Å²) in [6.07, 6.45) is 2.42. The Morgan fingerprint density at radius 1 is 1.55 bits per heavy atom. The smallest absolute Gasteiger partial charge is 0.106 e. The molecule has 1 aliphatic rings. The lowest BCUT2D eigenvalue weighted by molar-refractivity contribution is 0.364. The topological polar surface area (TPSA) is 35.8 Å². The highest BCUT2D eigenvalue weighted by molar-refractivity contribution is 5.12. The van der Waals surface area contributed by atoms with Gasteiger partial charge in [0.25, 0.3) is 0 Å². The Hall–Kier alpha value is -0.550. The average Bonchev–Trinajstić information content (AvgIpc) is 2.66. The van der Waals surface area contributed by atoms with Gasteiger partial charge in [-0.05, 0) is 39.5 Å². The standard InChI is InChI=1S/C9H16N2/c1-7(2)11-9(3,6-10)8-4-5-8/h7-8,11H,4-5H2,1-3H3. The molecule has 1 aliphatic carbocycles. The molecule has 1 fully saturated rings. The van der Waals surface area contributed by atoms with E-state index in [0.29, 0.717) is 12.0 Å². The van der Waals surface area contributed by atoms with Crippen LogP contribution < -0.4 is 5.32 Å². The number of hydrogen-bond acceptors (Lipinski definition) is 2. The van der Waals surface area contributed by atoms with E-state index in [-0.39, 0.29) is 5.54 Å². The molecule has 1 rings (SSSR count). The van der Waals surface area contributed by atoms with Crippen LogP contribution in [0.4, 0.5) is 0 Å². The van der Waals surface area contributed by atoms with Crippen LogP contribution in [0.3, 0.4) is 0 Å². The highest BCUT2D eigenvalue weighted by Crippen LogP contribution is 2.39. The van der Waals surface area contributed by atoms with Crippen molar-refractivity contribution in [1.29, 1.82) is 5.26 Å². The molecule has 0 radical (unpaired) electrons. The van der Waals surface area contributed by atoms with E-state index in [1.807, 2.05) is 6.92 Å². The van der Waals surface area contributed by atoms with Gasteiger partial charge in [-0.1, -0.05) is 0 Å². The minimum atomic E-state index is -0.270. The summed E-state index contributed by atoms with van der Waals surface area (Å²) in [6.45, 7) is 6.17. The molecule has 1 atom stereocenters. The van der Waals surface area contributed by atoms with Crippen LogP contribution in [0.15, 0.2) is 0 Å². The van der Waals surface area contributed by atoms with E-state index in [2.05, 4.69) is 25.2 Å². The zero-order valence-electron chi connectivity index (χ0n) is 7.52. The first-order valence-electron chi connectivity index (χ1n) is 4.27. The first-order valence-corrected chi connectivity index (χ1v) is 4.27. The molecule has 0 bridgehead atoms. The fourth-order valence-electron chi connectivity index (χ4n) is 1.50. The summed E-state index contributed by atoms with van der Waals surface area (Å²) in [6, 6.07) is 2.76. The predicted octanol–water partition coefficient (Wildman–Crippen LogP) is 1.68. The van der Waals surface area contributed by atoms with Crippen molar-refractivity contribution < 1.29 is 0 Å². The summed E-state index contributed by atoms with van der Waals surface area (Å²) >= 11 is 0. The molecule has 0 spiro atoms. The van der Waals surface area contributed by atoms with Crippen molar-refractivity contribution in [2.45, 2.75) is 45.2 Å². The fraction of sp³-hybridized carbons (Fsp3) is 0.889. The van der Waals surface area contributed by atoms with Gasteiger partial charge >= 0.3 is 0 Å². The first-order chi connectivity index (χ1) is 5.08. The number of nitriles is 1. The Balaban J connectivity index is 2.53. The zero-order chi connectivity index (χ0) is 8.48. The predicted molar refractivity (Wildman–Crippen MR) is 45.0 cm³/mol. The SMILES string of the molecule is CC(C)NC(C)(C#N)C1CC1. The van der Waals surface area contributed by atoms with Crippen molar-refractivity contribution in [3.8, 4) is 6.07 Å². The van der Waals surface area contributed by atoms with Gasteiger partial charge in [-0.25, -0.2) is 0 Å². The maximum atomic E-state index is 8.93. The van der Waals surface area contributed by atoms with E-state index in [0.717, 1.165) is 0 Å². The van der Waals surface area contributed by atoms with Gasteiger partial charge in [-0.3, -0.25) is 5.32 Å². The molecule has 0 aromatic carbocycles. The molecular formula is C9H16N2. The van der Waals surface area contributed by atoms with Gasteiger partial charge in [-0.15, -0.1) is 0 Å². The van der Waals surface area contributed by atoms with Crippen molar-refractivity contribution in [3.63, 3.8) is 0 Å². The summed E-state index contributed by atoms with van der Waals surface area (Å²) < 4.78 is 0. The second kappa shape index (κ2) is 2.83. The van der Waals surface area contributed by atoms with Crippen LogP contribution in [0.25, 0.3) is 0 Å². The molecular weight excluding hydrogens is 136 g/mol. The van der Waals surface area contributed by atoms with Crippen molar-refractivity contribution in [2.24, 2.45) is 5.92 Å². The van der Waals surface area contributed by atoms with E-state index in [1.54, 1.807) is 0 Å². The van der Waals surface area contributed by atoms with Gasteiger partial charge in [0.15, 0.2) is 0 Å². The van der Waals surface area contributed by atoms with Crippen molar-refractivity contribution >= 4 is 0 Å². The van der Waals surface area contributed by atoms with E-state index < -0.39 is 0 Å². The molecule has 0 saturated heterocycles. The Bertz CT molecular complexity index is 176. The lowest BCUT2D eigenvalue weighted by atomic mass is 9.97. The monoisotopic (exact) mass is 152 g/mol.